The first-order valence-corrected chi connectivity index (χ1v) is 12.0. The van der Waals surface area contributed by atoms with Gasteiger partial charge in [-0.2, -0.15) is 0 Å². The van der Waals surface area contributed by atoms with Crippen LogP contribution < -0.4 is 5.32 Å². The third-order valence-corrected chi connectivity index (χ3v) is 6.83. The molecule has 2 unspecified atom stereocenters. The molecule has 3 heterocycles. The number of rotatable bonds is 6. The van der Waals surface area contributed by atoms with Gasteiger partial charge in [0.15, 0.2) is 0 Å². The van der Waals surface area contributed by atoms with E-state index in [-0.39, 0.29) is 12.1 Å². The summed E-state index contributed by atoms with van der Waals surface area (Å²) in [5.41, 5.74) is 6.25. The summed E-state index contributed by atoms with van der Waals surface area (Å²) < 4.78 is 9.85. The highest BCUT2D eigenvalue weighted by atomic mass is 16.5. The van der Waals surface area contributed by atoms with Crippen molar-refractivity contribution in [1.29, 1.82) is 0 Å². The number of hydrogen-bond donors (Lipinski definition) is 1. The predicted molar refractivity (Wildman–Crippen MR) is 134 cm³/mol. The molecule has 1 saturated heterocycles. The number of ether oxygens (including phenoxy) is 2. The van der Waals surface area contributed by atoms with Crippen molar-refractivity contribution in [2.45, 2.75) is 51.7 Å². The molecule has 1 N–H and O–H groups in total. The molecule has 7 heteroatoms. The van der Waals surface area contributed by atoms with Crippen molar-refractivity contribution < 1.29 is 19.1 Å². The van der Waals surface area contributed by atoms with Crippen LogP contribution in [0.4, 0.5) is 0 Å². The first-order valence-electron chi connectivity index (χ1n) is 12.0. The molecule has 0 aliphatic carbocycles. The van der Waals surface area contributed by atoms with E-state index in [9.17, 15) is 9.59 Å². The van der Waals surface area contributed by atoms with Gasteiger partial charge in [0.2, 0.25) is 0 Å². The zero-order chi connectivity index (χ0) is 24.9. The van der Waals surface area contributed by atoms with Gasteiger partial charge >= 0.3 is 11.9 Å². The van der Waals surface area contributed by atoms with Crippen LogP contribution in [0.15, 0.2) is 60.0 Å². The van der Waals surface area contributed by atoms with Gasteiger partial charge in [-0.1, -0.05) is 24.3 Å². The molecule has 0 spiro atoms. The number of nitrogens with one attached hydrogen (secondary N) is 1. The Balaban J connectivity index is 1.62. The molecular weight excluding hydrogens is 442 g/mol. The van der Waals surface area contributed by atoms with Crippen LogP contribution in [0.5, 0.6) is 0 Å². The van der Waals surface area contributed by atoms with Crippen LogP contribution in [-0.2, 0) is 16.0 Å². The number of esters is 2. The van der Waals surface area contributed by atoms with E-state index >= 15 is 0 Å². The summed E-state index contributed by atoms with van der Waals surface area (Å²) in [5, 5.41) is 3.86. The van der Waals surface area contributed by atoms with Crippen LogP contribution in [0.1, 0.15) is 69.8 Å². The lowest BCUT2D eigenvalue weighted by Gasteiger charge is -2.40. The number of methoxy groups -OCH3 is 2. The quantitative estimate of drug-likeness (QED) is 0.617. The molecule has 0 saturated carbocycles. The number of benzene rings is 1. The van der Waals surface area contributed by atoms with Crippen molar-refractivity contribution in [3.05, 3.63) is 87.9 Å². The number of allylic oxidation sites excluding steroid dienone is 2. The van der Waals surface area contributed by atoms with Crippen molar-refractivity contribution in [3.8, 4) is 0 Å². The maximum Gasteiger partial charge on any atom is 0.338 e. The minimum absolute atomic E-state index is 0.177. The Morgan fingerprint density at radius 1 is 1.09 bits per heavy atom. The van der Waals surface area contributed by atoms with Crippen LogP contribution in [0, 0.1) is 6.92 Å². The van der Waals surface area contributed by atoms with Gasteiger partial charge in [0.05, 0.1) is 37.1 Å². The minimum Gasteiger partial charge on any atom is -0.465 e. The van der Waals surface area contributed by atoms with Gasteiger partial charge in [-0.25, -0.2) is 9.59 Å². The van der Waals surface area contributed by atoms with Crippen LogP contribution in [0.3, 0.4) is 0 Å². The van der Waals surface area contributed by atoms with E-state index < -0.39 is 11.9 Å². The Morgan fingerprint density at radius 3 is 2.60 bits per heavy atom. The highest BCUT2D eigenvalue weighted by Crippen LogP contribution is 2.33. The zero-order valence-electron chi connectivity index (χ0n) is 20.8. The summed E-state index contributed by atoms with van der Waals surface area (Å²) in [6.07, 6.45) is 9.37. The first kappa shape index (κ1) is 24.7. The lowest BCUT2D eigenvalue weighted by Crippen LogP contribution is -2.45. The van der Waals surface area contributed by atoms with Crippen LogP contribution >= 0.6 is 0 Å². The number of pyridine rings is 1. The van der Waals surface area contributed by atoms with Crippen LogP contribution in [0.25, 0.3) is 0 Å². The molecule has 2 aliphatic rings. The van der Waals surface area contributed by atoms with Gasteiger partial charge < -0.3 is 19.7 Å². The Kier molecular flexibility index (Phi) is 7.66. The average molecular weight is 476 g/mol. The Bertz CT molecular complexity index is 1170. The molecule has 2 aliphatic heterocycles. The van der Waals surface area contributed by atoms with E-state index in [0.29, 0.717) is 17.7 Å². The molecule has 2 aromatic rings. The van der Waals surface area contributed by atoms with Crippen LogP contribution in [-0.4, -0.2) is 48.6 Å². The molecule has 0 radical (unpaired) electrons. The second-order valence-electron chi connectivity index (χ2n) is 9.11. The monoisotopic (exact) mass is 475 g/mol. The molecule has 0 amide bonds. The molecule has 4 rings (SSSR count). The number of hydrogen-bond acceptors (Lipinski definition) is 7. The molecule has 2 atom stereocenters. The van der Waals surface area contributed by atoms with E-state index in [2.05, 4.69) is 47.3 Å². The molecule has 1 aromatic heterocycles. The summed E-state index contributed by atoms with van der Waals surface area (Å²) in [4.78, 5) is 31.6. The number of piperidine rings is 1. The molecule has 0 bridgehead atoms. The number of aromatic nitrogens is 1. The fourth-order valence-electron chi connectivity index (χ4n) is 5.13. The van der Waals surface area contributed by atoms with Crippen molar-refractivity contribution >= 4 is 11.9 Å². The summed E-state index contributed by atoms with van der Waals surface area (Å²) in [7, 11) is 2.67. The minimum atomic E-state index is -0.485. The summed E-state index contributed by atoms with van der Waals surface area (Å²) >= 11 is 0. The molecule has 1 fully saturated rings. The fourth-order valence-corrected chi connectivity index (χ4v) is 5.13. The maximum absolute atomic E-state index is 12.6. The standard InChI is InChI=1S/C28H33N3O4/c1-18-8-6-14-29-25(18)23-10-5-11-24(30-23)26-19(2)9-7-15-31(26)17-21-13-12-20(27(32)34-3)16-22(21)28(33)35-4/h6-9,12-14,16,23-24,30H,5,10-11,15,17H2,1-4H3. The summed E-state index contributed by atoms with van der Waals surface area (Å²) in [5.74, 6) is -0.955. The SMILES string of the molecule is COC(=O)c1ccc(CN2CC=CC(C)=C2C2CCCC(c3ncccc3C)N2)c(C(=O)OC)c1. The van der Waals surface area contributed by atoms with Crippen molar-refractivity contribution in [2.75, 3.05) is 20.8 Å². The van der Waals surface area contributed by atoms with Gasteiger partial charge in [-0.3, -0.25) is 4.98 Å². The topological polar surface area (TPSA) is 80.8 Å². The largest absolute Gasteiger partial charge is 0.465 e. The normalized spacial score (nSPS) is 20.1. The fraction of sp³-hybridized carbons (Fsp3) is 0.393. The number of aryl methyl sites for hydroxylation is 1. The molecule has 7 nitrogen and oxygen atoms in total. The highest BCUT2D eigenvalue weighted by Gasteiger charge is 2.31. The number of carbonyl (C=O) groups excluding carboxylic acids is 2. The van der Waals surface area contributed by atoms with E-state index in [1.807, 2.05) is 18.3 Å². The Hall–Kier alpha value is -3.45. The molecule has 35 heavy (non-hydrogen) atoms. The summed E-state index contributed by atoms with van der Waals surface area (Å²) in [6.45, 7) is 5.50. The van der Waals surface area contributed by atoms with Gasteiger partial charge in [0.25, 0.3) is 0 Å². The van der Waals surface area contributed by atoms with Crippen LogP contribution in [0.2, 0.25) is 0 Å². The van der Waals surface area contributed by atoms with Gasteiger partial charge in [-0.05, 0) is 68.0 Å². The van der Waals surface area contributed by atoms with Gasteiger partial charge in [-0.15, -0.1) is 0 Å². The third-order valence-electron chi connectivity index (χ3n) is 6.83. The lowest BCUT2D eigenvalue weighted by molar-refractivity contribution is 0.0597. The second-order valence-corrected chi connectivity index (χ2v) is 9.11. The van der Waals surface area contributed by atoms with E-state index in [1.54, 1.807) is 12.1 Å². The third kappa shape index (κ3) is 5.30. The van der Waals surface area contributed by atoms with Crippen molar-refractivity contribution in [1.82, 2.24) is 15.2 Å². The zero-order valence-corrected chi connectivity index (χ0v) is 20.8. The average Bonchev–Trinajstić information content (AvgIpc) is 2.88. The maximum atomic E-state index is 12.6. The highest BCUT2D eigenvalue weighted by molar-refractivity contribution is 5.96. The van der Waals surface area contributed by atoms with Crippen molar-refractivity contribution in [3.63, 3.8) is 0 Å². The first-order chi connectivity index (χ1) is 16.9. The predicted octanol–water partition coefficient (Wildman–Crippen LogP) is 4.49. The van der Waals surface area contributed by atoms with Gasteiger partial charge in [0.1, 0.15) is 0 Å². The number of nitrogens with zero attached hydrogens (tertiary/aromatic N) is 2. The lowest BCUT2D eigenvalue weighted by atomic mass is 9.90. The smallest absolute Gasteiger partial charge is 0.338 e. The summed E-state index contributed by atoms with van der Waals surface area (Å²) in [6, 6.07) is 9.54. The molecular formula is C28H33N3O4. The van der Waals surface area contributed by atoms with Crippen molar-refractivity contribution in [2.24, 2.45) is 0 Å². The van der Waals surface area contributed by atoms with E-state index in [1.165, 1.54) is 31.1 Å². The Labute approximate surface area is 206 Å². The second kappa shape index (κ2) is 10.9. The van der Waals surface area contributed by atoms with Gasteiger partial charge in [0, 0.05) is 31.0 Å². The number of carbonyl (C=O) groups is 2. The molecule has 184 valence electrons. The van der Waals surface area contributed by atoms with E-state index in [4.69, 9.17) is 9.47 Å². The Morgan fingerprint density at radius 2 is 1.86 bits per heavy atom. The molecule has 1 aromatic carbocycles. The van der Waals surface area contributed by atoms with E-state index in [0.717, 1.165) is 37.1 Å².